The van der Waals surface area contributed by atoms with E-state index in [-0.39, 0.29) is 28.9 Å². The topological polar surface area (TPSA) is 75.7 Å². The van der Waals surface area contributed by atoms with Crippen molar-refractivity contribution >= 4 is 15.9 Å². The van der Waals surface area contributed by atoms with Gasteiger partial charge in [-0.1, -0.05) is 6.07 Å². The summed E-state index contributed by atoms with van der Waals surface area (Å²) in [4.78, 5) is 15.2. The van der Waals surface area contributed by atoms with E-state index in [1.165, 1.54) is 44.6 Å². The summed E-state index contributed by atoms with van der Waals surface area (Å²) in [6.07, 6.45) is 9.67. The summed E-state index contributed by atoms with van der Waals surface area (Å²) in [6, 6.07) is 6.44. The van der Waals surface area contributed by atoms with E-state index in [2.05, 4.69) is 4.72 Å². The van der Waals surface area contributed by atoms with Gasteiger partial charge in [-0.25, -0.2) is 13.1 Å². The van der Waals surface area contributed by atoms with Crippen LogP contribution in [0.4, 0.5) is 0 Å². The zero-order valence-corrected chi connectivity index (χ0v) is 19.2. The molecule has 4 aliphatic carbocycles. The van der Waals surface area contributed by atoms with Crippen LogP contribution in [-0.4, -0.2) is 52.1 Å². The SMILES string of the molecule is CN(CC12CC3CC(CC(C3)C1)C2)C(=O)c1cccc(S(=O)(=O)NC[C@@H]2CCCO2)c1. The lowest BCUT2D eigenvalue weighted by molar-refractivity contribution is -0.0629. The Balaban J connectivity index is 1.26. The fourth-order valence-corrected chi connectivity index (χ4v) is 8.28. The highest BCUT2D eigenvalue weighted by Crippen LogP contribution is 2.60. The Morgan fingerprint density at radius 1 is 1.16 bits per heavy atom. The standard InChI is InChI=1S/C24H34N2O4S/c1-26(16-24-12-17-8-18(13-24)10-19(9-17)14-24)23(27)20-4-2-6-22(11-20)31(28,29)25-15-21-5-3-7-30-21/h2,4,6,11,17-19,21,25H,3,5,7-10,12-16H2,1H3/t17?,18?,19?,21-,24?/m0/s1. The summed E-state index contributed by atoms with van der Waals surface area (Å²) < 4.78 is 33.6. The molecule has 0 unspecified atom stereocenters. The highest BCUT2D eigenvalue weighted by atomic mass is 32.2. The van der Waals surface area contributed by atoms with E-state index in [0.29, 0.717) is 12.2 Å². The zero-order valence-electron chi connectivity index (χ0n) is 18.4. The molecule has 5 aliphatic rings. The molecule has 5 fully saturated rings. The molecule has 1 saturated heterocycles. The molecule has 0 aromatic heterocycles. The van der Waals surface area contributed by atoms with Gasteiger partial charge < -0.3 is 9.64 Å². The number of rotatable bonds is 7. The van der Waals surface area contributed by atoms with E-state index in [0.717, 1.165) is 37.1 Å². The van der Waals surface area contributed by atoms with Crippen molar-refractivity contribution in [3.8, 4) is 0 Å². The minimum atomic E-state index is -3.67. The number of sulfonamides is 1. The van der Waals surface area contributed by atoms with Gasteiger partial charge in [-0.2, -0.15) is 0 Å². The van der Waals surface area contributed by atoms with E-state index in [9.17, 15) is 13.2 Å². The van der Waals surface area contributed by atoms with Crippen LogP contribution in [-0.2, 0) is 14.8 Å². The normalized spacial score (nSPS) is 34.2. The van der Waals surface area contributed by atoms with E-state index < -0.39 is 10.0 Å². The summed E-state index contributed by atoms with van der Waals surface area (Å²) >= 11 is 0. The van der Waals surface area contributed by atoms with E-state index in [4.69, 9.17) is 4.74 Å². The molecule has 1 N–H and O–H groups in total. The molecule has 170 valence electrons. The molecule has 1 heterocycles. The van der Waals surface area contributed by atoms with Crippen LogP contribution in [0.2, 0.25) is 0 Å². The van der Waals surface area contributed by atoms with Crippen LogP contribution in [0.5, 0.6) is 0 Å². The first-order chi connectivity index (χ1) is 14.8. The van der Waals surface area contributed by atoms with E-state index in [1.807, 2.05) is 11.9 Å². The number of nitrogens with one attached hydrogen (secondary N) is 1. The van der Waals surface area contributed by atoms with Crippen molar-refractivity contribution in [2.75, 3.05) is 26.7 Å². The molecule has 6 nitrogen and oxygen atoms in total. The lowest BCUT2D eigenvalue weighted by atomic mass is 9.49. The van der Waals surface area contributed by atoms with Gasteiger partial charge >= 0.3 is 0 Å². The second-order valence-electron chi connectivity index (χ2n) is 10.6. The van der Waals surface area contributed by atoms with Gasteiger partial charge in [-0.3, -0.25) is 4.79 Å². The highest BCUT2D eigenvalue weighted by molar-refractivity contribution is 7.89. The third-order valence-electron chi connectivity index (χ3n) is 8.00. The van der Waals surface area contributed by atoms with Crippen molar-refractivity contribution in [1.82, 2.24) is 9.62 Å². The molecule has 1 aromatic carbocycles. The van der Waals surface area contributed by atoms with E-state index >= 15 is 0 Å². The van der Waals surface area contributed by atoms with Gasteiger partial charge in [0.05, 0.1) is 11.0 Å². The van der Waals surface area contributed by atoms with Crippen LogP contribution in [0.15, 0.2) is 29.2 Å². The quantitative estimate of drug-likeness (QED) is 0.696. The first-order valence-corrected chi connectivity index (χ1v) is 13.3. The molecule has 0 spiro atoms. The summed E-state index contributed by atoms with van der Waals surface area (Å²) in [5, 5.41) is 0. The third kappa shape index (κ3) is 4.41. The summed E-state index contributed by atoms with van der Waals surface area (Å²) in [5.41, 5.74) is 0.707. The summed E-state index contributed by atoms with van der Waals surface area (Å²) in [7, 11) is -1.80. The summed E-state index contributed by atoms with van der Waals surface area (Å²) in [5.74, 6) is 2.45. The number of amides is 1. The molecule has 1 aliphatic heterocycles. The van der Waals surface area contributed by atoms with Crippen molar-refractivity contribution < 1.29 is 17.9 Å². The van der Waals surface area contributed by atoms with E-state index in [1.54, 1.807) is 18.2 Å². The number of nitrogens with zero attached hydrogens (tertiary/aromatic N) is 1. The van der Waals surface area contributed by atoms with Crippen molar-refractivity contribution in [2.24, 2.45) is 23.2 Å². The van der Waals surface area contributed by atoms with Crippen molar-refractivity contribution in [3.05, 3.63) is 29.8 Å². The maximum absolute atomic E-state index is 13.2. The second-order valence-corrected chi connectivity index (χ2v) is 12.4. The fraction of sp³-hybridized carbons (Fsp3) is 0.708. The van der Waals surface area contributed by atoms with Crippen LogP contribution in [0, 0.1) is 23.2 Å². The second kappa shape index (κ2) is 8.16. The van der Waals surface area contributed by atoms with Crippen molar-refractivity contribution in [2.45, 2.75) is 62.4 Å². The average molecular weight is 447 g/mol. The minimum Gasteiger partial charge on any atom is -0.377 e. The molecule has 4 saturated carbocycles. The van der Waals surface area contributed by atoms with Crippen LogP contribution in [0.25, 0.3) is 0 Å². The molecule has 4 bridgehead atoms. The van der Waals surface area contributed by atoms with Gasteiger partial charge in [-0.15, -0.1) is 0 Å². The Bertz CT molecular complexity index is 903. The maximum Gasteiger partial charge on any atom is 0.253 e. The average Bonchev–Trinajstić information content (AvgIpc) is 3.24. The number of benzene rings is 1. The Morgan fingerprint density at radius 3 is 2.45 bits per heavy atom. The first kappa shape index (κ1) is 21.4. The first-order valence-electron chi connectivity index (χ1n) is 11.8. The monoisotopic (exact) mass is 446 g/mol. The molecule has 7 heteroatoms. The van der Waals surface area contributed by atoms with Crippen LogP contribution >= 0.6 is 0 Å². The zero-order chi connectivity index (χ0) is 21.6. The lowest BCUT2D eigenvalue weighted by Crippen LogP contribution is -2.51. The minimum absolute atomic E-state index is 0.0639. The molecular weight excluding hydrogens is 412 g/mol. The highest BCUT2D eigenvalue weighted by Gasteiger charge is 2.51. The van der Waals surface area contributed by atoms with Gasteiger partial charge in [0, 0.05) is 32.3 Å². The van der Waals surface area contributed by atoms with Crippen molar-refractivity contribution in [1.29, 1.82) is 0 Å². The Morgan fingerprint density at radius 2 is 1.84 bits per heavy atom. The number of carbonyl (C=O) groups excluding carboxylic acids is 1. The number of hydrogen-bond acceptors (Lipinski definition) is 4. The largest absolute Gasteiger partial charge is 0.377 e. The molecule has 1 atom stereocenters. The predicted molar refractivity (Wildman–Crippen MR) is 118 cm³/mol. The lowest BCUT2D eigenvalue weighted by Gasteiger charge is -2.57. The van der Waals surface area contributed by atoms with Crippen LogP contribution < -0.4 is 4.72 Å². The van der Waals surface area contributed by atoms with Crippen molar-refractivity contribution in [3.63, 3.8) is 0 Å². The van der Waals surface area contributed by atoms with Gasteiger partial charge in [0.2, 0.25) is 10.0 Å². The molecular formula is C24H34N2O4S. The maximum atomic E-state index is 13.2. The Hall–Kier alpha value is -1.44. The molecule has 1 aromatic rings. The van der Waals surface area contributed by atoms with Gasteiger partial charge in [0.15, 0.2) is 0 Å². The number of hydrogen-bond donors (Lipinski definition) is 1. The molecule has 1 amide bonds. The molecule has 0 radical (unpaired) electrons. The van der Waals surface area contributed by atoms with Crippen LogP contribution in [0.1, 0.15) is 61.7 Å². The summed E-state index contributed by atoms with van der Waals surface area (Å²) in [6.45, 7) is 1.74. The number of ether oxygens (including phenoxy) is 1. The van der Waals surface area contributed by atoms with Crippen LogP contribution in [0.3, 0.4) is 0 Å². The number of carbonyl (C=O) groups is 1. The Labute approximate surface area is 185 Å². The van der Waals surface area contributed by atoms with Gasteiger partial charge in [0.25, 0.3) is 5.91 Å². The Kier molecular flexibility index (Phi) is 5.64. The van der Waals surface area contributed by atoms with Gasteiger partial charge in [-0.05, 0) is 92.7 Å². The predicted octanol–water partition coefficient (Wildman–Crippen LogP) is 3.43. The van der Waals surface area contributed by atoms with Gasteiger partial charge in [0.1, 0.15) is 0 Å². The molecule has 6 rings (SSSR count). The smallest absolute Gasteiger partial charge is 0.253 e. The molecule has 31 heavy (non-hydrogen) atoms. The fourth-order valence-electron chi connectivity index (χ4n) is 7.17. The third-order valence-corrected chi connectivity index (χ3v) is 9.42.